The Morgan fingerprint density at radius 3 is 1.68 bits per heavy atom. The second-order valence-corrected chi connectivity index (χ2v) is 7.59. The van der Waals surface area contributed by atoms with Crippen molar-refractivity contribution >= 4 is 18.3 Å². The van der Waals surface area contributed by atoms with E-state index in [1.165, 1.54) is 0 Å². The molecule has 0 unspecified atom stereocenters. The minimum atomic E-state index is 0.641. The van der Waals surface area contributed by atoms with Gasteiger partial charge in [-0.25, -0.2) is 0 Å². The summed E-state index contributed by atoms with van der Waals surface area (Å²) in [7, 11) is 3.85. The normalized spacial score (nSPS) is 10.5. The summed E-state index contributed by atoms with van der Waals surface area (Å²) < 4.78 is 0. The largest absolute Gasteiger partial charge is 0.377 e. The zero-order valence-electron chi connectivity index (χ0n) is 17.6. The highest BCUT2D eigenvalue weighted by atomic mass is 16.1. The molecular weight excluding hydrogens is 382 g/mol. The molecule has 0 aliphatic heterocycles. The van der Waals surface area contributed by atoms with E-state index >= 15 is 0 Å². The van der Waals surface area contributed by atoms with Crippen LogP contribution in [-0.4, -0.2) is 26.7 Å². The summed E-state index contributed by atoms with van der Waals surface area (Å²) in [6, 6.07) is 29.8. The quantitative estimate of drug-likeness (QED) is 0.349. The van der Waals surface area contributed by atoms with Gasteiger partial charge >= 0.3 is 0 Å². The summed E-state index contributed by atoms with van der Waals surface area (Å²) in [5, 5.41) is 0. The Labute approximate surface area is 182 Å². The summed E-state index contributed by atoms with van der Waals surface area (Å²) in [6.45, 7) is 0. The molecule has 0 spiro atoms. The first-order chi connectivity index (χ1) is 15.1. The second-order valence-electron chi connectivity index (χ2n) is 7.59. The van der Waals surface area contributed by atoms with Crippen LogP contribution in [0.4, 0.5) is 5.69 Å². The molecule has 4 aromatic carbocycles. The molecule has 0 saturated heterocycles. The molecule has 31 heavy (non-hydrogen) atoms. The number of hydrogen-bond acceptors (Lipinski definition) is 3. The molecule has 0 atom stereocenters. The summed E-state index contributed by atoms with van der Waals surface area (Å²) in [6.07, 6.45) is 1.79. The van der Waals surface area contributed by atoms with Gasteiger partial charge in [0.2, 0.25) is 0 Å². The minimum absolute atomic E-state index is 0.641. The van der Waals surface area contributed by atoms with Crippen molar-refractivity contribution in [3.05, 3.63) is 102 Å². The van der Waals surface area contributed by atoms with Gasteiger partial charge < -0.3 is 4.90 Å². The van der Waals surface area contributed by atoms with Crippen molar-refractivity contribution in [1.82, 2.24) is 0 Å². The van der Waals surface area contributed by atoms with E-state index in [9.17, 15) is 9.59 Å². The first-order valence-electron chi connectivity index (χ1n) is 10.1. The predicted molar refractivity (Wildman–Crippen MR) is 128 cm³/mol. The van der Waals surface area contributed by atoms with Gasteiger partial charge in [0.1, 0.15) is 0 Å². The third kappa shape index (κ3) is 3.90. The van der Waals surface area contributed by atoms with E-state index in [0.717, 1.165) is 51.6 Å². The first-order valence-corrected chi connectivity index (χ1v) is 10.1. The highest BCUT2D eigenvalue weighted by Gasteiger charge is 2.18. The van der Waals surface area contributed by atoms with Crippen LogP contribution in [-0.2, 0) is 0 Å². The number of benzene rings is 4. The molecule has 0 fully saturated rings. The van der Waals surface area contributed by atoms with Crippen molar-refractivity contribution in [2.75, 3.05) is 19.0 Å². The van der Waals surface area contributed by atoms with Crippen molar-refractivity contribution < 1.29 is 9.59 Å². The molecule has 0 N–H and O–H groups in total. The predicted octanol–water partition coefficient (Wildman–Crippen LogP) is 6.38. The topological polar surface area (TPSA) is 37.4 Å². The third-order valence-corrected chi connectivity index (χ3v) is 5.44. The second kappa shape index (κ2) is 8.80. The monoisotopic (exact) mass is 405 g/mol. The Morgan fingerprint density at radius 1 is 0.581 bits per heavy atom. The summed E-state index contributed by atoms with van der Waals surface area (Å²) in [4.78, 5) is 25.5. The lowest BCUT2D eigenvalue weighted by molar-refractivity contribution is 0.111. The zero-order chi connectivity index (χ0) is 21.8. The van der Waals surface area contributed by atoms with E-state index < -0.39 is 0 Å². The van der Waals surface area contributed by atoms with Crippen molar-refractivity contribution in [3.8, 4) is 33.4 Å². The molecule has 0 amide bonds. The number of aldehydes is 2. The molecule has 4 aromatic rings. The smallest absolute Gasteiger partial charge is 0.152 e. The fraction of sp³-hybridized carbons (Fsp3) is 0.0714. The SMILES string of the molecule is CN(C)c1cc(-c2ccc(C=O)c(-c3ccccc3)c2-c2ccccc2)ccc1C=O. The van der Waals surface area contributed by atoms with Crippen LogP contribution in [0.2, 0.25) is 0 Å². The van der Waals surface area contributed by atoms with Crippen molar-refractivity contribution in [3.63, 3.8) is 0 Å². The van der Waals surface area contributed by atoms with Crippen LogP contribution in [0.3, 0.4) is 0 Å². The fourth-order valence-corrected chi connectivity index (χ4v) is 3.98. The van der Waals surface area contributed by atoms with Crippen LogP contribution in [0.15, 0.2) is 91.0 Å². The molecular formula is C28H23NO2. The van der Waals surface area contributed by atoms with Gasteiger partial charge in [-0.2, -0.15) is 0 Å². The van der Waals surface area contributed by atoms with Gasteiger partial charge in [-0.15, -0.1) is 0 Å². The number of nitrogens with zero attached hydrogens (tertiary/aromatic N) is 1. The molecule has 4 rings (SSSR count). The molecule has 0 bridgehead atoms. The number of hydrogen-bond donors (Lipinski definition) is 0. The Kier molecular flexibility index (Phi) is 5.76. The first kappa shape index (κ1) is 20.3. The fourth-order valence-electron chi connectivity index (χ4n) is 3.98. The van der Waals surface area contributed by atoms with Crippen molar-refractivity contribution in [2.24, 2.45) is 0 Å². The van der Waals surface area contributed by atoms with Gasteiger partial charge in [-0.3, -0.25) is 9.59 Å². The van der Waals surface area contributed by atoms with Gasteiger partial charge in [-0.1, -0.05) is 78.9 Å². The standard InChI is InChI=1S/C28H23NO2/c1-29(2)26-17-22(13-14-23(26)18-30)25-16-15-24(19-31)27(20-9-5-3-6-10-20)28(25)21-11-7-4-8-12-21/h3-19H,1-2H3. The van der Waals surface area contributed by atoms with E-state index in [1.54, 1.807) is 0 Å². The van der Waals surface area contributed by atoms with Crippen molar-refractivity contribution in [1.29, 1.82) is 0 Å². The Balaban J connectivity index is 2.08. The number of anilines is 1. The molecule has 0 heterocycles. The van der Waals surface area contributed by atoms with Crippen LogP contribution >= 0.6 is 0 Å². The minimum Gasteiger partial charge on any atom is -0.377 e. The summed E-state index contributed by atoms with van der Waals surface area (Å²) >= 11 is 0. The van der Waals surface area contributed by atoms with E-state index in [2.05, 4.69) is 12.1 Å². The Morgan fingerprint density at radius 2 is 1.13 bits per heavy atom. The van der Waals surface area contributed by atoms with Gasteiger partial charge in [0.25, 0.3) is 0 Å². The maximum atomic E-state index is 12.0. The Bertz CT molecular complexity index is 1230. The number of carbonyl (C=O) groups excluding carboxylic acids is 2. The molecule has 0 aromatic heterocycles. The van der Waals surface area contributed by atoms with Gasteiger partial charge in [0.05, 0.1) is 0 Å². The lowest BCUT2D eigenvalue weighted by Gasteiger charge is -2.20. The highest BCUT2D eigenvalue weighted by molar-refractivity contribution is 6.02. The van der Waals surface area contributed by atoms with Crippen LogP contribution < -0.4 is 4.90 Å². The van der Waals surface area contributed by atoms with E-state index in [4.69, 9.17) is 0 Å². The van der Waals surface area contributed by atoms with E-state index in [-0.39, 0.29) is 0 Å². The van der Waals surface area contributed by atoms with Crippen LogP contribution in [0.5, 0.6) is 0 Å². The lowest BCUT2D eigenvalue weighted by Crippen LogP contribution is -2.11. The molecule has 152 valence electrons. The zero-order valence-corrected chi connectivity index (χ0v) is 17.6. The molecule has 0 radical (unpaired) electrons. The summed E-state index contributed by atoms with van der Waals surface area (Å²) in [5.41, 5.74) is 8.07. The maximum absolute atomic E-state index is 12.0. The maximum Gasteiger partial charge on any atom is 0.152 e. The molecule has 0 aliphatic carbocycles. The van der Waals surface area contributed by atoms with Crippen LogP contribution in [0.1, 0.15) is 20.7 Å². The molecule has 0 aliphatic rings. The van der Waals surface area contributed by atoms with E-state index in [0.29, 0.717) is 11.1 Å². The van der Waals surface area contributed by atoms with Gasteiger partial charge in [0.15, 0.2) is 12.6 Å². The number of carbonyl (C=O) groups is 2. The third-order valence-electron chi connectivity index (χ3n) is 5.44. The van der Waals surface area contributed by atoms with Gasteiger partial charge in [-0.05, 0) is 39.9 Å². The lowest BCUT2D eigenvalue weighted by atomic mass is 9.84. The molecule has 0 saturated carbocycles. The molecule has 3 heteroatoms. The molecule has 3 nitrogen and oxygen atoms in total. The average Bonchev–Trinajstić information content (AvgIpc) is 2.83. The highest BCUT2D eigenvalue weighted by Crippen LogP contribution is 2.42. The average molecular weight is 405 g/mol. The summed E-state index contributed by atoms with van der Waals surface area (Å²) in [5.74, 6) is 0. The van der Waals surface area contributed by atoms with Crippen LogP contribution in [0, 0.1) is 0 Å². The van der Waals surface area contributed by atoms with Crippen LogP contribution in [0.25, 0.3) is 33.4 Å². The Hall–Kier alpha value is -3.98. The van der Waals surface area contributed by atoms with E-state index in [1.807, 2.05) is 97.9 Å². The van der Waals surface area contributed by atoms with Crippen molar-refractivity contribution in [2.45, 2.75) is 0 Å². The van der Waals surface area contributed by atoms with Gasteiger partial charge in [0, 0.05) is 36.5 Å². The number of rotatable bonds is 6.